The molecule has 5 unspecified atom stereocenters. The molecule has 2 fully saturated rings. The summed E-state index contributed by atoms with van der Waals surface area (Å²) >= 11 is 0. The normalized spacial score (nSPS) is 28.9. The molecule has 2 bridgehead atoms. The highest BCUT2D eigenvalue weighted by Crippen LogP contribution is 2.53. The van der Waals surface area contributed by atoms with Gasteiger partial charge in [-0.05, 0) is 43.4 Å². The largest absolute Gasteiger partial charge is 0.462 e. The van der Waals surface area contributed by atoms with Gasteiger partial charge in [-0.15, -0.1) is 0 Å². The molecule has 0 aromatic rings. The van der Waals surface area contributed by atoms with Crippen molar-refractivity contribution in [3.63, 3.8) is 0 Å². The summed E-state index contributed by atoms with van der Waals surface area (Å²) < 4.78 is 83.6. The number of fused-ring (bicyclic) bond motifs is 2. The van der Waals surface area contributed by atoms with E-state index in [4.69, 9.17) is 4.74 Å². The van der Waals surface area contributed by atoms with E-state index in [1.807, 2.05) is 0 Å². The topological polar surface area (TPSA) is 46.5 Å². The molecule has 0 saturated heterocycles. The summed E-state index contributed by atoms with van der Waals surface area (Å²) in [6.45, 7) is 3.17. The summed E-state index contributed by atoms with van der Waals surface area (Å²) in [5.41, 5.74) is -4.90. The number of esters is 1. The molecule has 0 aromatic heterocycles. The Morgan fingerprint density at radius 2 is 1.69 bits per heavy atom. The number of halogens is 6. The van der Waals surface area contributed by atoms with Crippen LogP contribution in [0.1, 0.15) is 52.4 Å². The zero-order valence-electron chi connectivity index (χ0n) is 14.7. The van der Waals surface area contributed by atoms with Crippen molar-refractivity contribution in [3.8, 4) is 0 Å². The third-order valence-corrected chi connectivity index (χ3v) is 5.99. The van der Waals surface area contributed by atoms with Crippen LogP contribution in [0.2, 0.25) is 0 Å². The summed E-state index contributed by atoms with van der Waals surface area (Å²) in [5, 5.41) is 9.55. The Balaban J connectivity index is 2.29. The monoisotopic (exact) mass is 390 g/mol. The minimum atomic E-state index is -5.91. The number of ether oxygens (including phenoxy) is 1. The Kier molecular flexibility index (Phi) is 5.90. The maximum Gasteiger partial charge on any atom is 0.426 e. The van der Waals surface area contributed by atoms with Crippen molar-refractivity contribution < 1.29 is 41.0 Å². The first-order chi connectivity index (χ1) is 11.8. The number of carbonyl (C=O) groups is 1. The zero-order chi connectivity index (χ0) is 19.9. The fourth-order valence-electron chi connectivity index (χ4n) is 4.15. The highest BCUT2D eigenvalue weighted by Gasteiger charge is 2.71. The second-order valence-electron chi connectivity index (χ2n) is 7.68. The molecule has 2 aliphatic rings. The van der Waals surface area contributed by atoms with Crippen LogP contribution in [-0.2, 0) is 9.53 Å². The average molecular weight is 390 g/mol. The Bertz CT molecular complexity index is 502. The average Bonchev–Trinajstić information content (AvgIpc) is 3.13. The van der Waals surface area contributed by atoms with Gasteiger partial charge in [0.25, 0.3) is 5.60 Å². The second kappa shape index (κ2) is 7.20. The minimum Gasteiger partial charge on any atom is -0.462 e. The molecule has 0 spiro atoms. The van der Waals surface area contributed by atoms with E-state index in [1.165, 1.54) is 6.92 Å². The van der Waals surface area contributed by atoms with Gasteiger partial charge in [0, 0.05) is 6.42 Å². The van der Waals surface area contributed by atoms with Gasteiger partial charge in [0.05, 0.1) is 5.92 Å². The second-order valence-corrected chi connectivity index (χ2v) is 7.68. The van der Waals surface area contributed by atoms with Crippen molar-refractivity contribution in [2.75, 3.05) is 0 Å². The van der Waals surface area contributed by atoms with E-state index in [1.54, 1.807) is 6.92 Å². The van der Waals surface area contributed by atoms with Crippen LogP contribution < -0.4 is 0 Å². The van der Waals surface area contributed by atoms with Crippen molar-refractivity contribution >= 4 is 5.97 Å². The first-order valence-electron chi connectivity index (χ1n) is 8.86. The first kappa shape index (κ1) is 21.3. The molecule has 2 aliphatic carbocycles. The predicted octanol–water partition coefficient (Wildman–Crippen LogP) is 4.63. The van der Waals surface area contributed by atoms with E-state index in [-0.39, 0.29) is 11.8 Å². The molecule has 152 valence electrons. The van der Waals surface area contributed by atoms with Crippen molar-refractivity contribution in [1.82, 2.24) is 0 Å². The van der Waals surface area contributed by atoms with Gasteiger partial charge < -0.3 is 9.84 Å². The van der Waals surface area contributed by atoms with Gasteiger partial charge in [-0.3, -0.25) is 4.79 Å². The molecule has 0 aliphatic heterocycles. The van der Waals surface area contributed by atoms with Crippen LogP contribution in [0.15, 0.2) is 0 Å². The first-order valence-corrected chi connectivity index (χ1v) is 8.86. The molecule has 2 saturated carbocycles. The summed E-state index contributed by atoms with van der Waals surface area (Å²) in [5.74, 6) is -1.88. The van der Waals surface area contributed by atoms with Crippen molar-refractivity contribution in [1.29, 1.82) is 0 Å². The van der Waals surface area contributed by atoms with E-state index >= 15 is 0 Å². The molecule has 26 heavy (non-hydrogen) atoms. The molecule has 2 rings (SSSR count). The van der Waals surface area contributed by atoms with Crippen LogP contribution in [0.3, 0.4) is 0 Å². The van der Waals surface area contributed by atoms with Crippen LogP contribution in [0.5, 0.6) is 0 Å². The molecule has 5 atom stereocenters. The van der Waals surface area contributed by atoms with Gasteiger partial charge in [0.15, 0.2) is 0 Å². The van der Waals surface area contributed by atoms with E-state index in [9.17, 15) is 36.2 Å². The third kappa shape index (κ3) is 3.97. The molecular weight excluding hydrogens is 366 g/mol. The molecule has 9 heteroatoms. The van der Waals surface area contributed by atoms with E-state index in [0.29, 0.717) is 19.3 Å². The van der Waals surface area contributed by atoms with E-state index < -0.39 is 48.3 Å². The highest BCUT2D eigenvalue weighted by molar-refractivity contribution is 5.72. The molecule has 0 amide bonds. The lowest BCUT2D eigenvalue weighted by molar-refractivity contribution is -0.375. The summed E-state index contributed by atoms with van der Waals surface area (Å²) in [7, 11) is 0. The summed E-state index contributed by atoms with van der Waals surface area (Å²) in [4.78, 5) is 12.1. The highest BCUT2D eigenvalue weighted by atomic mass is 19.4. The predicted molar refractivity (Wildman–Crippen MR) is 79.9 cm³/mol. The zero-order valence-corrected chi connectivity index (χ0v) is 14.7. The molecular formula is C17H24F6O3. The Morgan fingerprint density at radius 3 is 2.08 bits per heavy atom. The third-order valence-electron chi connectivity index (χ3n) is 5.99. The minimum absolute atomic E-state index is 0.0690. The van der Waals surface area contributed by atoms with Gasteiger partial charge in [-0.1, -0.05) is 20.3 Å². The fourth-order valence-corrected chi connectivity index (χ4v) is 4.15. The van der Waals surface area contributed by atoms with Gasteiger partial charge in [-0.25, -0.2) is 0 Å². The fraction of sp³-hybridized carbons (Fsp3) is 0.941. The number of rotatable bonds is 6. The molecule has 3 nitrogen and oxygen atoms in total. The summed E-state index contributed by atoms with van der Waals surface area (Å²) in [6, 6.07) is 0. The molecule has 0 heterocycles. The molecule has 0 aromatic carbocycles. The number of carbonyl (C=O) groups excluding carboxylic acids is 1. The lowest BCUT2D eigenvalue weighted by Gasteiger charge is -2.38. The molecule has 0 radical (unpaired) electrons. The SMILES string of the molecule is CCC(C)C(=O)OC(CC(O)(C(F)(F)F)C(F)(F)F)C1CC2CCC1C2. The van der Waals surface area contributed by atoms with E-state index in [2.05, 4.69) is 0 Å². The lowest BCUT2D eigenvalue weighted by atomic mass is 9.79. The van der Waals surface area contributed by atoms with Crippen LogP contribution in [0.4, 0.5) is 26.3 Å². The maximum absolute atomic E-state index is 13.1. The van der Waals surface area contributed by atoms with Gasteiger partial charge in [-0.2, -0.15) is 26.3 Å². The Labute approximate surface area is 148 Å². The molecule has 1 N–H and O–H groups in total. The van der Waals surface area contributed by atoms with E-state index in [0.717, 1.165) is 12.8 Å². The lowest BCUT2D eigenvalue weighted by Crippen LogP contribution is -2.59. The number of hydrogen-bond donors (Lipinski definition) is 1. The quantitative estimate of drug-likeness (QED) is 0.532. The van der Waals surface area contributed by atoms with Gasteiger partial charge in [0.1, 0.15) is 6.10 Å². The van der Waals surface area contributed by atoms with Gasteiger partial charge >= 0.3 is 18.3 Å². The Morgan fingerprint density at radius 1 is 1.12 bits per heavy atom. The van der Waals surface area contributed by atoms with Crippen molar-refractivity contribution in [2.45, 2.75) is 76.4 Å². The Hall–Kier alpha value is -0.990. The maximum atomic E-state index is 13.1. The standard InChI is InChI=1S/C17H24F6O3/c1-3-9(2)14(24)26-13(12-7-10-4-5-11(12)6-10)8-15(25,16(18,19)20)17(21,22)23/h9-13,25H,3-8H2,1-2H3. The van der Waals surface area contributed by atoms with Crippen molar-refractivity contribution in [2.24, 2.45) is 23.7 Å². The number of hydrogen-bond acceptors (Lipinski definition) is 3. The smallest absolute Gasteiger partial charge is 0.426 e. The number of alkyl halides is 6. The van der Waals surface area contributed by atoms with Crippen LogP contribution in [0, 0.1) is 23.7 Å². The van der Waals surface area contributed by atoms with Crippen LogP contribution in [-0.4, -0.2) is 35.1 Å². The van der Waals surface area contributed by atoms with Crippen LogP contribution in [0.25, 0.3) is 0 Å². The summed E-state index contributed by atoms with van der Waals surface area (Å²) in [6.07, 6.45) is -12.1. The number of aliphatic hydroxyl groups is 1. The van der Waals surface area contributed by atoms with Crippen LogP contribution >= 0.6 is 0 Å². The van der Waals surface area contributed by atoms with Gasteiger partial charge in [0.2, 0.25) is 0 Å². The van der Waals surface area contributed by atoms with Crippen molar-refractivity contribution in [3.05, 3.63) is 0 Å².